The highest BCUT2D eigenvalue weighted by atomic mass is 16.5. The Balaban J connectivity index is 2.07. The van der Waals surface area contributed by atoms with Gasteiger partial charge in [0.05, 0.1) is 18.8 Å². The van der Waals surface area contributed by atoms with Crippen LogP contribution in [0.3, 0.4) is 0 Å². The van der Waals surface area contributed by atoms with Gasteiger partial charge in [0.2, 0.25) is 0 Å². The number of unbranched alkanes of at least 4 members (excludes halogenated alkanes) is 2. The number of aliphatic hydroxyl groups excluding tert-OH is 1. The number of Topliss-reactive ketones (excluding diaryl/α,β-unsaturated/α-hetero) is 1. The number of hydrogen-bond donors (Lipinski definition) is 2. The molecule has 5 atom stereocenters. The molecule has 1 aliphatic carbocycles. The molecule has 0 aromatic rings. The van der Waals surface area contributed by atoms with Crippen LogP contribution in [0.15, 0.2) is 0 Å². The van der Waals surface area contributed by atoms with Crippen molar-refractivity contribution < 1.29 is 14.6 Å². The van der Waals surface area contributed by atoms with E-state index in [9.17, 15) is 9.90 Å². The van der Waals surface area contributed by atoms with Gasteiger partial charge < -0.3 is 15.6 Å². The van der Waals surface area contributed by atoms with Crippen LogP contribution in [0.4, 0.5) is 0 Å². The minimum absolute atomic E-state index is 0.163. The zero-order valence-corrected chi connectivity index (χ0v) is 13.9. The molecular formula is C17H33NO3. The number of nitrogens with two attached hydrogens (primary N) is 1. The van der Waals surface area contributed by atoms with Crippen LogP contribution in [-0.4, -0.2) is 36.2 Å². The fourth-order valence-electron chi connectivity index (χ4n) is 2.58. The maximum Gasteiger partial charge on any atom is 0.132 e. The van der Waals surface area contributed by atoms with E-state index >= 15 is 0 Å². The topological polar surface area (TPSA) is 72.5 Å². The fraction of sp³-hybridized carbons (Fsp3) is 0.941. The molecular weight excluding hydrogens is 266 g/mol. The van der Waals surface area contributed by atoms with E-state index in [0.29, 0.717) is 12.5 Å². The average molecular weight is 299 g/mol. The Labute approximate surface area is 129 Å². The third-order valence-electron chi connectivity index (χ3n) is 4.79. The predicted molar refractivity (Wildman–Crippen MR) is 85.0 cm³/mol. The van der Waals surface area contributed by atoms with E-state index in [-0.39, 0.29) is 17.8 Å². The Morgan fingerprint density at radius 3 is 2.48 bits per heavy atom. The van der Waals surface area contributed by atoms with Crippen molar-refractivity contribution in [3.05, 3.63) is 0 Å². The lowest BCUT2D eigenvalue weighted by atomic mass is 9.98. The summed E-state index contributed by atoms with van der Waals surface area (Å²) in [6, 6.07) is 0. The third-order valence-corrected chi connectivity index (χ3v) is 4.79. The van der Waals surface area contributed by atoms with Gasteiger partial charge in [-0.15, -0.1) is 0 Å². The second-order valence-corrected chi connectivity index (χ2v) is 6.80. The highest BCUT2D eigenvalue weighted by Crippen LogP contribution is 2.37. The van der Waals surface area contributed by atoms with Gasteiger partial charge in [0.25, 0.3) is 0 Å². The van der Waals surface area contributed by atoms with Gasteiger partial charge in [0.1, 0.15) is 5.78 Å². The van der Waals surface area contributed by atoms with E-state index < -0.39 is 6.10 Å². The lowest BCUT2D eigenvalue weighted by molar-refractivity contribution is -0.120. The van der Waals surface area contributed by atoms with Crippen LogP contribution < -0.4 is 5.73 Å². The summed E-state index contributed by atoms with van der Waals surface area (Å²) in [6.07, 6.45) is 5.28. The zero-order valence-electron chi connectivity index (χ0n) is 13.9. The highest BCUT2D eigenvalue weighted by molar-refractivity contribution is 5.77. The lowest BCUT2D eigenvalue weighted by Gasteiger charge is -2.22. The summed E-state index contributed by atoms with van der Waals surface area (Å²) in [4.78, 5) is 11.1. The molecule has 21 heavy (non-hydrogen) atoms. The summed E-state index contributed by atoms with van der Waals surface area (Å²) >= 11 is 0. The SMILES string of the molecule is CC(=O)[C@@H](C)CCCCCC(O)C(CN)OCC1CC1C. The van der Waals surface area contributed by atoms with Crippen molar-refractivity contribution in [3.63, 3.8) is 0 Å². The van der Waals surface area contributed by atoms with E-state index in [1.165, 1.54) is 6.42 Å². The van der Waals surface area contributed by atoms with E-state index in [0.717, 1.165) is 44.6 Å². The molecule has 124 valence electrons. The van der Waals surface area contributed by atoms with Crippen LogP contribution >= 0.6 is 0 Å². The van der Waals surface area contributed by atoms with E-state index in [1.807, 2.05) is 6.92 Å². The summed E-state index contributed by atoms with van der Waals surface area (Å²) in [5.74, 6) is 1.86. The summed E-state index contributed by atoms with van der Waals surface area (Å²) in [5, 5.41) is 10.1. The smallest absolute Gasteiger partial charge is 0.132 e. The first-order valence-electron chi connectivity index (χ1n) is 8.45. The summed E-state index contributed by atoms with van der Waals surface area (Å²) < 4.78 is 5.75. The zero-order chi connectivity index (χ0) is 15.8. The monoisotopic (exact) mass is 299 g/mol. The Bertz CT molecular complexity index is 308. The molecule has 1 fully saturated rings. The molecule has 3 N–H and O–H groups in total. The first-order chi connectivity index (χ1) is 9.95. The minimum atomic E-state index is -0.464. The maximum absolute atomic E-state index is 11.1. The van der Waals surface area contributed by atoms with Crippen molar-refractivity contribution >= 4 is 5.78 Å². The molecule has 0 aromatic carbocycles. The Kier molecular flexibility index (Phi) is 8.45. The molecule has 4 heteroatoms. The van der Waals surface area contributed by atoms with E-state index in [1.54, 1.807) is 6.92 Å². The second-order valence-electron chi connectivity index (χ2n) is 6.80. The molecule has 0 saturated heterocycles. The summed E-state index contributed by atoms with van der Waals surface area (Å²) in [5.41, 5.74) is 5.70. The van der Waals surface area contributed by atoms with Gasteiger partial charge >= 0.3 is 0 Å². The van der Waals surface area contributed by atoms with Crippen LogP contribution in [0.1, 0.15) is 59.3 Å². The van der Waals surface area contributed by atoms with Gasteiger partial charge in [-0.1, -0.05) is 33.1 Å². The van der Waals surface area contributed by atoms with Crippen molar-refractivity contribution in [1.82, 2.24) is 0 Å². The molecule has 0 bridgehead atoms. The molecule has 4 unspecified atom stereocenters. The largest absolute Gasteiger partial charge is 0.390 e. The molecule has 0 aliphatic heterocycles. The third kappa shape index (κ3) is 7.39. The van der Waals surface area contributed by atoms with Gasteiger partial charge in [-0.25, -0.2) is 0 Å². The average Bonchev–Trinajstić information content (AvgIpc) is 3.14. The number of carbonyl (C=O) groups is 1. The maximum atomic E-state index is 11.1. The lowest BCUT2D eigenvalue weighted by Crippen LogP contribution is -2.36. The Hall–Kier alpha value is -0.450. The van der Waals surface area contributed by atoms with Gasteiger partial charge in [-0.2, -0.15) is 0 Å². The molecule has 0 heterocycles. The quantitative estimate of drug-likeness (QED) is 0.543. The number of ketones is 1. The number of rotatable bonds is 12. The van der Waals surface area contributed by atoms with Gasteiger partial charge in [-0.3, -0.25) is 4.79 Å². The summed E-state index contributed by atoms with van der Waals surface area (Å²) in [6.45, 7) is 6.97. The second kappa shape index (κ2) is 9.54. The van der Waals surface area contributed by atoms with Crippen LogP contribution in [0.2, 0.25) is 0 Å². The van der Waals surface area contributed by atoms with Crippen molar-refractivity contribution in [2.45, 2.75) is 71.5 Å². The van der Waals surface area contributed by atoms with Gasteiger partial charge in [-0.05, 0) is 38.0 Å². The molecule has 0 spiro atoms. The van der Waals surface area contributed by atoms with Crippen molar-refractivity contribution in [1.29, 1.82) is 0 Å². The Morgan fingerprint density at radius 2 is 1.95 bits per heavy atom. The first-order valence-corrected chi connectivity index (χ1v) is 8.45. The van der Waals surface area contributed by atoms with Crippen LogP contribution in [0.25, 0.3) is 0 Å². The molecule has 1 saturated carbocycles. The normalized spacial score (nSPS) is 25.4. The van der Waals surface area contributed by atoms with E-state index in [4.69, 9.17) is 10.5 Å². The standard InChI is InChI=1S/C17H33NO3/c1-12(14(3)19)7-5-4-6-8-16(20)17(10-18)21-11-15-9-13(15)2/h12-13,15-17,20H,4-11,18H2,1-3H3/t12-,13?,15?,16?,17?/m0/s1. The fourth-order valence-corrected chi connectivity index (χ4v) is 2.58. The molecule has 0 radical (unpaired) electrons. The number of carbonyl (C=O) groups excluding carboxylic acids is 1. The highest BCUT2D eigenvalue weighted by Gasteiger charge is 2.33. The minimum Gasteiger partial charge on any atom is -0.390 e. The molecule has 1 rings (SSSR count). The van der Waals surface area contributed by atoms with Crippen LogP contribution in [0, 0.1) is 17.8 Å². The van der Waals surface area contributed by atoms with Crippen molar-refractivity contribution in [2.75, 3.05) is 13.2 Å². The van der Waals surface area contributed by atoms with Crippen LogP contribution in [0.5, 0.6) is 0 Å². The van der Waals surface area contributed by atoms with Crippen molar-refractivity contribution in [2.24, 2.45) is 23.5 Å². The molecule has 0 amide bonds. The summed E-state index contributed by atoms with van der Waals surface area (Å²) in [7, 11) is 0. The van der Waals surface area contributed by atoms with Gasteiger partial charge in [0.15, 0.2) is 0 Å². The van der Waals surface area contributed by atoms with Crippen LogP contribution in [-0.2, 0) is 9.53 Å². The number of aliphatic hydroxyl groups is 1. The number of hydrogen-bond acceptors (Lipinski definition) is 4. The molecule has 1 aliphatic rings. The molecule has 0 aromatic heterocycles. The number of ether oxygens (including phenoxy) is 1. The Morgan fingerprint density at radius 1 is 1.33 bits per heavy atom. The van der Waals surface area contributed by atoms with E-state index in [2.05, 4.69) is 6.92 Å². The first kappa shape index (κ1) is 18.6. The van der Waals surface area contributed by atoms with Gasteiger partial charge in [0, 0.05) is 12.5 Å². The van der Waals surface area contributed by atoms with Crippen molar-refractivity contribution in [3.8, 4) is 0 Å². The predicted octanol–water partition coefficient (Wildman–Crippen LogP) is 2.52. The molecule has 4 nitrogen and oxygen atoms in total.